The van der Waals surface area contributed by atoms with Gasteiger partial charge in [-0.1, -0.05) is 30.3 Å². The van der Waals surface area contributed by atoms with Gasteiger partial charge in [-0.2, -0.15) is 8.78 Å². The molecule has 3 nitrogen and oxygen atoms in total. The van der Waals surface area contributed by atoms with Gasteiger partial charge in [0.1, 0.15) is 0 Å². The highest BCUT2D eigenvalue weighted by Crippen LogP contribution is 2.29. The molecule has 0 bridgehead atoms. The molecule has 2 N–H and O–H groups in total. The molecule has 1 aromatic carbocycles. The summed E-state index contributed by atoms with van der Waals surface area (Å²) in [6, 6.07) is 7.91. The highest BCUT2D eigenvalue weighted by molar-refractivity contribution is 5.20. The SMILES string of the molecule is NCC1CN(CC(F)(F)c2ccccc2)CCO1. The summed E-state index contributed by atoms with van der Waals surface area (Å²) in [4.78, 5) is 1.72. The number of nitrogens with zero attached hydrogens (tertiary/aromatic N) is 1. The zero-order chi connectivity index (χ0) is 13.0. The zero-order valence-electron chi connectivity index (χ0n) is 10.2. The Kier molecular flexibility index (Phi) is 4.27. The molecule has 1 aliphatic rings. The highest BCUT2D eigenvalue weighted by atomic mass is 19.3. The van der Waals surface area contributed by atoms with E-state index in [-0.39, 0.29) is 18.2 Å². The third kappa shape index (κ3) is 3.25. The summed E-state index contributed by atoms with van der Waals surface area (Å²) in [5, 5.41) is 0. The summed E-state index contributed by atoms with van der Waals surface area (Å²) >= 11 is 0. The van der Waals surface area contributed by atoms with Crippen LogP contribution in [-0.4, -0.2) is 43.8 Å². The number of halogens is 2. The minimum absolute atomic E-state index is 0.0563. The second kappa shape index (κ2) is 5.73. The van der Waals surface area contributed by atoms with Crippen LogP contribution in [0.4, 0.5) is 8.78 Å². The maximum Gasteiger partial charge on any atom is 0.285 e. The van der Waals surface area contributed by atoms with Crippen molar-refractivity contribution in [2.24, 2.45) is 5.73 Å². The third-order valence-corrected chi connectivity index (χ3v) is 3.10. The lowest BCUT2D eigenvalue weighted by atomic mass is 10.1. The molecule has 1 aliphatic heterocycles. The first kappa shape index (κ1) is 13.4. The van der Waals surface area contributed by atoms with E-state index in [1.54, 1.807) is 23.1 Å². The van der Waals surface area contributed by atoms with Crippen molar-refractivity contribution in [1.29, 1.82) is 0 Å². The number of nitrogens with two attached hydrogens (primary N) is 1. The van der Waals surface area contributed by atoms with Crippen molar-refractivity contribution < 1.29 is 13.5 Å². The molecule has 2 rings (SSSR count). The first-order chi connectivity index (χ1) is 8.62. The van der Waals surface area contributed by atoms with Crippen molar-refractivity contribution >= 4 is 0 Å². The first-order valence-corrected chi connectivity index (χ1v) is 6.09. The molecule has 1 unspecified atom stereocenters. The Morgan fingerprint density at radius 3 is 2.72 bits per heavy atom. The molecular formula is C13H18F2N2O. The van der Waals surface area contributed by atoms with Crippen LogP contribution in [0.5, 0.6) is 0 Å². The van der Waals surface area contributed by atoms with Gasteiger partial charge >= 0.3 is 0 Å². The topological polar surface area (TPSA) is 38.5 Å². The highest BCUT2D eigenvalue weighted by Gasteiger charge is 2.35. The molecule has 100 valence electrons. The van der Waals surface area contributed by atoms with Crippen molar-refractivity contribution in [1.82, 2.24) is 4.90 Å². The number of hydrogen-bond donors (Lipinski definition) is 1. The van der Waals surface area contributed by atoms with Gasteiger partial charge in [0.2, 0.25) is 0 Å². The Morgan fingerprint density at radius 2 is 2.06 bits per heavy atom. The van der Waals surface area contributed by atoms with E-state index in [4.69, 9.17) is 10.5 Å². The van der Waals surface area contributed by atoms with Crippen LogP contribution < -0.4 is 5.73 Å². The van der Waals surface area contributed by atoms with Crippen molar-refractivity contribution in [2.75, 3.05) is 32.8 Å². The van der Waals surface area contributed by atoms with Gasteiger partial charge in [0.15, 0.2) is 0 Å². The van der Waals surface area contributed by atoms with Gasteiger partial charge in [-0.15, -0.1) is 0 Å². The van der Waals surface area contributed by atoms with Crippen molar-refractivity contribution in [2.45, 2.75) is 12.0 Å². The maximum absolute atomic E-state index is 14.1. The standard InChI is InChI=1S/C13H18F2N2O/c14-13(15,11-4-2-1-3-5-11)10-17-6-7-18-12(8-16)9-17/h1-5,12H,6-10,16H2. The molecule has 5 heteroatoms. The van der Waals surface area contributed by atoms with Crippen LogP contribution >= 0.6 is 0 Å². The van der Waals surface area contributed by atoms with Gasteiger partial charge in [-0.05, 0) is 0 Å². The van der Waals surface area contributed by atoms with E-state index in [1.165, 1.54) is 12.1 Å². The van der Waals surface area contributed by atoms with Crippen LogP contribution in [0, 0.1) is 0 Å². The fourth-order valence-electron chi connectivity index (χ4n) is 2.12. The van der Waals surface area contributed by atoms with E-state index in [0.29, 0.717) is 26.2 Å². The molecule has 0 aromatic heterocycles. The monoisotopic (exact) mass is 256 g/mol. The van der Waals surface area contributed by atoms with Gasteiger partial charge < -0.3 is 10.5 Å². The number of hydrogen-bond acceptors (Lipinski definition) is 3. The number of rotatable bonds is 4. The van der Waals surface area contributed by atoms with E-state index >= 15 is 0 Å². The van der Waals surface area contributed by atoms with Crippen molar-refractivity contribution in [3.8, 4) is 0 Å². The first-order valence-electron chi connectivity index (χ1n) is 6.09. The molecule has 0 spiro atoms. The van der Waals surface area contributed by atoms with E-state index < -0.39 is 5.92 Å². The molecule has 0 aliphatic carbocycles. The molecule has 1 aromatic rings. The normalized spacial score (nSPS) is 22.1. The van der Waals surface area contributed by atoms with Crippen LogP contribution in [0.1, 0.15) is 5.56 Å². The Balaban J connectivity index is 1.99. The lowest BCUT2D eigenvalue weighted by Gasteiger charge is -2.34. The van der Waals surface area contributed by atoms with Gasteiger partial charge in [0.05, 0.1) is 19.3 Å². The largest absolute Gasteiger partial charge is 0.374 e. The van der Waals surface area contributed by atoms with Crippen LogP contribution in [0.15, 0.2) is 30.3 Å². The molecule has 18 heavy (non-hydrogen) atoms. The third-order valence-electron chi connectivity index (χ3n) is 3.10. The minimum Gasteiger partial charge on any atom is -0.374 e. The summed E-state index contributed by atoms with van der Waals surface area (Å²) in [5.41, 5.74) is 5.56. The van der Waals surface area contributed by atoms with Gasteiger partial charge in [0.25, 0.3) is 5.92 Å². The number of morpholine rings is 1. The summed E-state index contributed by atoms with van der Waals surface area (Å²) in [5.74, 6) is -2.84. The average Bonchev–Trinajstić information content (AvgIpc) is 2.39. The molecule has 1 fully saturated rings. The Labute approximate surface area is 106 Å². The fraction of sp³-hybridized carbons (Fsp3) is 0.538. The molecule has 0 radical (unpaired) electrons. The summed E-state index contributed by atoms with van der Waals surface area (Å²) in [7, 11) is 0. The molecular weight excluding hydrogens is 238 g/mol. The second-order valence-electron chi connectivity index (χ2n) is 4.53. The molecule has 1 saturated heterocycles. The minimum atomic E-state index is -2.84. The second-order valence-corrected chi connectivity index (χ2v) is 4.53. The zero-order valence-corrected chi connectivity index (χ0v) is 10.2. The Morgan fingerprint density at radius 1 is 1.33 bits per heavy atom. The number of benzene rings is 1. The van der Waals surface area contributed by atoms with Crippen LogP contribution in [-0.2, 0) is 10.7 Å². The summed E-state index contributed by atoms with van der Waals surface area (Å²) in [6.07, 6.45) is -0.134. The number of alkyl halides is 2. The number of ether oxygens (including phenoxy) is 1. The van der Waals surface area contributed by atoms with Crippen LogP contribution in [0.2, 0.25) is 0 Å². The van der Waals surface area contributed by atoms with Gasteiger partial charge in [0, 0.05) is 25.2 Å². The predicted octanol–water partition coefficient (Wildman–Crippen LogP) is 1.44. The fourth-order valence-corrected chi connectivity index (χ4v) is 2.12. The smallest absolute Gasteiger partial charge is 0.285 e. The Bertz CT molecular complexity index is 373. The van der Waals surface area contributed by atoms with Crippen molar-refractivity contribution in [3.05, 3.63) is 35.9 Å². The quantitative estimate of drug-likeness (QED) is 0.886. The van der Waals surface area contributed by atoms with E-state index in [9.17, 15) is 8.78 Å². The maximum atomic E-state index is 14.1. The van der Waals surface area contributed by atoms with Crippen LogP contribution in [0.25, 0.3) is 0 Å². The average molecular weight is 256 g/mol. The lowest BCUT2D eigenvalue weighted by molar-refractivity contribution is -0.0817. The predicted molar refractivity (Wildman–Crippen MR) is 65.6 cm³/mol. The van der Waals surface area contributed by atoms with Crippen LogP contribution in [0.3, 0.4) is 0 Å². The molecule has 0 amide bonds. The molecule has 1 heterocycles. The van der Waals surface area contributed by atoms with E-state index in [0.717, 1.165) is 0 Å². The van der Waals surface area contributed by atoms with Gasteiger partial charge in [-0.25, -0.2) is 0 Å². The van der Waals surface area contributed by atoms with Gasteiger partial charge in [-0.3, -0.25) is 4.90 Å². The summed E-state index contributed by atoms with van der Waals surface area (Å²) in [6.45, 7) is 1.55. The van der Waals surface area contributed by atoms with E-state index in [2.05, 4.69) is 0 Å². The molecule has 0 saturated carbocycles. The van der Waals surface area contributed by atoms with Crippen molar-refractivity contribution in [3.63, 3.8) is 0 Å². The Hall–Kier alpha value is -1.04. The summed E-state index contributed by atoms with van der Waals surface area (Å²) < 4.78 is 33.5. The van der Waals surface area contributed by atoms with E-state index in [1.807, 2.05) is 0 Å². The molecule has 1 atom stereocenters. The lowest BCUT2D eigenvalue weighted by Crippen LogP contribution is -2.48.